The Morgan fingerprint density at radius 1 is 1.19 bits per heavy atom. The van der Waals surface area contributed by atoms with Gasteiger partial charge in [-0.05, 0) is 26.3 Å². The third kappa shape index (κ3) is 4.54. The van der Waals surface area contributed by atoms with Crippen LogP contribution in [0.15, 0.2) is 6.07 Å². The number of aromatic nitrogens is 2. The Bertz CT molecular complexity index is 570. The van der Waals surface area contributed by atoms with E-state index >= 15 is 0 Å². The molecule has 0 bridgehead atoms. The first kappa shape index (κ1) is 16.0. The molecule has 5 nitrogen and oxygen atoms in total. The molecule has 21 heavy (non-hydrogen) atoms. The molecule has 0 aliphatic carbocycles. The van der Waals surface area contributed by atoms with Gasteiger partial charge in [0.15, 0.2) is 0 Å². The van der Waals surface area contributed by atoms with Gasteiger partial charge in [-0.15, -0.1) is 11.3 Å². The zero-order valence-electron chi connectivity index (χ0n) is 13.0. The highest BCUT2D eigenvalue weighted by molar-refractivity contribution is 7.18. The van der Waals surface area contributed by atoms with E-state index in [4.69, 9.17) is 4.74 Å². The van der Waals surface area contributed by atoms with Crippen molar-refractivity contribution in [3.8, 4) is 0 Å². The Balaban J connectivity index is 2.02. The van der Waals surface area contributed by atoms with Gasteiger partial charge < -0.3 is 15.4 Å². The van der Waals surface area contributed by atoms with Crippen LogP contribution < -0.4 is 10.6 Å². The molecular weight excluding hydrogens is 284 g/mol. The molecule has 0 radical (unpaired) electrons. The lowest BCUT2D eigenvalue weighted by Crippen LogP contribution is -2.12. The first-order chi connectivity index (χ1) is 10.2. The predicted molar refractivity (Wildman–Crippen MR) is 90.5 cm³/mol. The molecule has 0 unspecified atom stereocenters. The number of anilines is 2. The van der Waals surface area contributed by atoms with Crippen molar-refractivity contribution >= 4 is 33.3 Å². The molecule has 116 valence electrons. The van der Waals surface area contributed by atoms with Gasteiger partial charge >= 0.3 is 0 Å². The fourth-order valence-corrected chi connectivity index (χ4v) is 2.88. The third-order valence-corrected chi connectivity index (χ3v) is 3.98. The summed E-state index contributed by atoms with van der Waals surface area (Å²) in [7, 11) is 0. The minimum Gasteiger partial charge on any atom is -0.380 e. The van der Waals surface area contributed by atoms with Gasteiger partial charge in [0.2, 0.25) is 5.95 Å². The highest BCUT2D eigenvalue weighted by atomic mass is 32.1. The van der Waals surface area contributed by atoms with Crippen LogP contribution in [0.4, 0.5) is 11.8 Å². The zero-order valence-corrected chi connectivity index (χ0v) is 13.8. The summed E-state index contributed by atoms with van der Waals surface area (Å²) in [5, 5.41) is 7.64. The van der Waals surface area contributed by atoms with Gasteiger partial charge in [-0.25, -0.2) is 4.98 Å². The van der Waals surface area contributed by atoms with Gasteiger partial charge in [-0.1, -0.05) is 13.3 Å². The number of thiophene rings is 1. The van der Waals surface area contributed by atoms with Crippen LogP contribution in [0.2, 0.25) is 0 Å². The highest BCUT2D eigenvalue weighted by Crippen LogP contribution is 2.29. The molecule has 2 aromatic rings. The number of unbranched alkanes of at least 4 members (excludes halogenated alkanes) is 1. The molecule has 2 aromatic heterocycles. The molecule has 0 amide bonds. The number of aryl methyl sites for hydroxylation is 1. The summed E-state index contributed by atoms with van der Waals surface area (Å²) in [6.07, 6.45) is 2.28. The van der Waals surface area contributed by atoms with Crippen LogP contribution in [0.3, 0.4) is 0 Å². The van der Waals surface area contributed by atoms with Crippen LogP contribution in [0.1, 0.15) is 31.6 Å². The normalized spacial score (nSPS) is 11.0. The van der Waals surface area contributed by atoms with E-state index < -0.39 is 0 Å². The summed E-state index contributed by atoms with van der Waals surface area (Å²) in [6.45, 7) is 9.41. The monoisotopic (exact) mass is 308 g/mol. The van der Waals surface area contributed by atoms with Gasteiger partial charge in [-0.3, -0.25) is 0 Å². The van der Waals surface area contributed by atoms with Gasteiger partial charge in [0, 0.05) is 24.6 Å². The SMILES string of the molecule is CCCCOCCNc1nc(NCC)nc2sc(C)cc12. The Kier molecular flexibility index (Phi) is 6.20. The van der Waals surface area contributed by atoms with E-state index in [2.05, 4.69) is 40.5 Å². The van der Waals surface area contributed by atoms with E-state index in [0.29, 0.717) is 12.6 Å². The molecule has 0 fully saturated rings. The molecule has 0 saturated heterocycles. The minimum atomic E-state index is 0.682. The molecule has 0 aliphatic rings. The fourth-order valence-electron chi connectivity index (χ4n) is 2.00. The maximum atomic E-state index is 5.57. The van der Waals surface area contributed by atoms with Gasteiger partial charge in [0.25, 0.3) is 0 Å². The Morgan fingerprint density at radius 3 is 2.81 bits per heavy atom. The van der Waals surface area contributed by atoms with Crippen molar-refractivity contribution in [2.75, 3.05) is 36.9 Å². The molecule has 6 heteroatoms. The first-order valence-electron chi connectivity index (χ1n) is 7.58. The molecule has 0 saturated carbocycles. The molecule has 0 spiro atoms. The van der Waals surface area contributed by atoms with Crippen LogP contribution in [0.25, 0.3) is 10.2 Å². The van der Waals surface area contributed by atoms with E-state index in [-0.39, 0.29) is 0 Å². The number of hydrogen-bond acceptors (Lipinski definition) is 6. The average Bonchev–Trinajstić information content (AvgIpc) is 2.83. The van der Waals surface area contributed by atoms with Crippen molar-refractivity contribution in [2.24, 2.45) is 0 Å². The fraction of sp³-hybridized carbons (Fsp3) is 0.600. The van der Waals surface area contributed by atoms with Crippen molar-refractivity contribution in [3.05, 3.63) is 10.9 Å². The first-order valence-corrected chi connectivity index (χ1v) is 8.40. The zero-order chi connectivity index (χ0) is 15.1. The van der Waals surface area contributed by atoms with E-state index in [1.165, 1.54) is 11.3 Å². The van der Waals surface area contributed by atoms with E-state index in [9.17, 15) is 0 Å². The number of nitrogens with zero attached hydrogens (tertiary/aromatic N) is 2. The second-order valence-electron chi connectivity index (χ2n) is 4.89. The van der Waals surface area contributed by atoms with Crippen molar-refractivity contribution in [2.45, 2.75) is 33.6 Å². The molecule has 0 aromatic carbocycles. The third-order valence-electron chi connectivity index (χ3n) is 3.03. The Labute approximate surface area is 130 Å². The van der Waals surface area contributed by atoms with Gasteiger partial charge in [0.1, 0.15) is 10.6 Å². The lowest BCUT2D eigenvalue weighted by atomic mass is 10.3. The Hall–Kier alpha value is -1.40. The molecule has 0 aliphatic heterocycles. The number of nitrogens with one attached hydrogen (secondary N) is 2. The predicted octanol–water partition coefficient (Wildman–Crippen LogP) is 3.66. The van der Waals surface area contributed by atoms with E-state index in [1.807, 2.05) is 6.92 Å². The maximum absolute atomic E-state index is 5.57. The van der Waals surface area contributed by atoms with Gasteiger partial charge in [0.05, 0.1) is 12.0 Å². The smallest absolute Gasteiger partial charge is 0.226 e. The van der Waals surface area contributed by atoms with Crippen LogP contribution in [-0.4, -0.2) is 36.3 Å². The second-order valence-corrected chi connectivity index (χ2v) is 6.13. The van der Waals surface area contributed by atoms with Crippen molar-refractivity contribution < 1.29 is 4.74 Å². The summed E-state index contributed by atoms with van der Waals surface area (Å²) >= 11 is 1.69. The Morgan fingerprint density at radius 2 is 2.05 bits per heavy atom. The van der Waals surface area contributed by atoms with Crippen molar-refractivity contribution in [1.29, 1.82) is 0 Å². The lowest BCUT2D eigenvalue weighted by molar-refractivity contribution is 0.141. The number of ether oxygens (including phenoxy) is 1. The van der Waals surface area contributed by atoms with Crippen molar-refractivity contribution in [3.63, 3.8) is 0 Å². The maximum Gasteiger partial charge on any atom is 0.226 e. The molecule has 2 heterocycles. The second kappa shape index (κ2) is 8.14. The largest absolute Gasteiger partial charge is 0.380 e. The standard InChI is InChI=1S/C15H24N4OS/c1-4-6-8-20-9-7-17-13-12-10-11(3)21-14(12)19-15(18-13)16-5-2/h10H,4-9H2,1-3H3,(H2,16,17,18,19). The molecule has 2 N–H and O–H groups in total. The van der Waals surface area contributed by atoms with Crippen LogP contribution in [0, 0.1) is 6.92 Å². The summed E-state index contributed by atoms with van der Waals surface area (Å²) in [5.74, 6) is 1.57. The minimum absolute atomic E-state index is 0.682. The van der Waals surface area contributed by atoms with Crippen LogP contribution in [0.5, 0.6) is 0 Å². The number of fused-ring (bicyclic) bond motifs is 1. The molecule has 0 atom stereocenters. The van der Waals surface area contributed by atoms with E-state index in [0.717, 1.165) is 42.2 Å². The summed E-state index contributed by atoms with van der Waals surface area (Å²) < 4.78 is 5.57. The summed E-state index contributed by atoms with van der Waals surface area (Å²) in [5.41, 5.74) is 0. The highest BCUT2D eigenvalue weighted by Gasteiger charge is 2.09. The topological polar surface area (TPSA) is 59.1 Å². The average molecular weight is 308 g/mol. The lowest BCUT2D eigenvalue weighted by Gasteiger charge is -2.09. The quantitative estimate of drug-likeness (QED) is 0.692. The van der Waals surface area contributed by atoms with Gasteiger partial charge in [-0.2, -0.15) is 4.98 Å². The van der Waals surface area contributed by atoms with Crippen LogP contribution >= 0.6 is 11.3 Å². The number of rotatable bonds is 9. The van der Waals surface area contributed by atoms with Crippen molar-refractivity contribution in [1.82, 2.24) is 9.97 Å². The molecule has 2 rings (SSSR count). The molecular formula is C15H24N4OS. The van der Waals surface area contributed by atoms with Crippen LogP contribution in [-0.2, 0) is 4.74 Å². The summed E-state index contributed by atoms with van der Waals surface area (Å²) in [6, 6.07) is 2.13. The van der Waals surface area contributed by atoms with E-state index in [1.54, 1.807) is 11.3 Å². The number of hydrogen-bond donors (Lipinski definition) is 2. The summed E-state index contributed by atoms with van der Waals surface area (Å²) in [4.78, 5) is 11.4.